The van der Waals surface area contributed by atoms with Gasteiger partial charge in [0.2, 0.25) is 11.8 Å². The number of ether oxygens (including phenoxy) is 2. The Bertz CT molecular complexity index is 1370. The Hall–Kier alpha value is -4.46. The number of nitrogens with one attached hydrogen (secondary N) is 1. The van der Waals surface area contributed by atoms with Crippen LogP contribution in [0.2, 0.25) is 0 Å². The van der Waals surface area contributed by atoms with Gasteiger partial charge in [0.25, 0.3) is 5.91 Å². The molecule has 1 heterocycles. The highest BCUT2D eigenvalue weighted by molar-refractivity contribution is 6.22. The summed E-state index contributed by atoms with van der Waals surface area (Å²) in [6.07, 6.45) is 2.12. The zero-order valence-electron chi connectivity index (χ0n) is 21.0. The van der Waals surface area contributed by atoms with Crippen molar-refractivity contribution < 1.29 is 28.7 Å². The molecule has 194 valence electrons. The van der Waals surface area contributed by atoms with E-state index in [0.29, 0.717) is 30.0 Å². The van der Waals surface area contributed by atoms with Gasteiger partial charge in [-0.15, -0.1) is 0 Å². The number of benzene rings is 3. The summed E-state index contributed by atoms with van der Waals surface area (Å²) in [7, 11) is 1.49. The van der Waals surface area contributed by atoms with Crippen LogP contribution in [0, 0.1) is 11.8 Å². The van der Waals surface area contributed by atoms with Crippen molar-refractivity contribution >= 4 is 35.1 Å². The standard InChI is InChI=1S/C30H28N2O6/c1-37-26-13-6-5-12-25(26)31-27(33)18-38-30(36)21-10-7-11-22(16-21)32-28(34)23-15-14-20(17-24(23)29(32)35)19-8-3-2-4-9-19/h2-13,16,20,23-24H,14-15,17-18H2,1H3,(H,31,33)/t20-,23-,24-/m1/s1. The van der Waals surface area contributed by atoms with Crippen LogP contribution in [0.15, 0.2) is 78.9 Å². The van der Waals surface area contributed by atoms with E-state index in [1.54, 1.807) is 36.4 Å². The van der Waals surface area contributed by atoms with E-state index in [1.807, 2.05) is 18.2 Å². The summed E-state index contributed by atoms with van der Waals surface area (Å²) >= 11 is 0. The van der Waals surface area contributed by atoms with E-state index in [9.17, 15) is 19.2 Å². The molecule has 5 rings (SSSR count). The Morgan fingerprint density at radius 3 is 2.42 bits per heavy atom. The zero-order chi connectivity index (χ0) is 26.6. The minimum Gasteiger partial charge on any atom is -0.495 e. The van der Waals surface area contributed by atoms with E-state index in [-0.39, 0.29) is 35.1 Å². The van der Waals surface area contributed by atoms with Crippen LogP contribution in [-0.2, 0) is 19.1 Å². The highest BCUT2D eigenvalue weighted by atomic mass is 16.5. The predicted octanol–water partition coefficient (Wildman–Crippen LogP) is 4.56. The Labute approximate surface area is 220 Å². The van der Waals surface area contributed by atoms with Crippen molar-refractivity contribution in [2.24, 2.45) is 11.8 Å². The van der Waals surface area contributed by atoms with Crippen LogP contribution in [0.4, 0.5) is 11.4 Å². The van der Waals surface area contributed by atoms with Crippen molar-refractivity contribution in [2.75, 3.05) is 23.9 Å². The summed E-state index contributed by atoms with van der Waals surface area (Å²) in [5.41, 5.74) is 2.12. The van der Waals surface area contributed by atoms with Crippen LogP contribution in [0.1, 0.15) is 41.1 Å². The molecular weight excluding hydrogens is 484 g/mol. The number of imide groups is 1. The number of nitrogens with zero attached hydrogens (tertiary/aromatic N) is 1. The number of hydrogen-bond acceptors (Lipinski definition) is 6. The molecule has 1 aliphatic heterocycles. The minimum atomic E-state index is -0.734. The average Bonchev–Trinajstić information content (AvgIpc) is 3.21. The fourth-order valence-electron chi connectivity index (χ4n) is 5.38. The highest BCUT2D eigenvalue weighted by Crippen LogP contribution is 2.45. The predicted molar refractivity (Wildman–Crippen MR) is 141 cm³/mol. The summed E-state index contributed by atoms with van der Waals surface area (Å²) in [6.45, 7) is -0.506. The second kappa shape index (κ2) is 10.9. The molecule has 1 saturated carbocycles. The molecule has 0 bridgehead atoms. The number of amides is 3. The molecule has 3 aromatic carbocycles. The number of anilines is 2. The fourth-order valence-corrected chi connectivity index (χ4v) is 5.38. The van der Waals surface area contributed by atoms with E-state index in [1.165, 1.54) is 29.7 Å². The molecule has 0 unspecified atom stereocenters. The number of methoxy groups -OCH3 is 1. The lowest BCUT2D eigenvalue weighted by Gasteiger charge is -2.28. The number of hydrogen-bond donors (Lipinski definition) is 1. The second-order valence-corrected chi connectivity index (χ2v) is 9.52. The summed E-state index contributed by atoms with van der Waals surface area (Å²) in [5.74, 6) is -1.74. The molecular formula is C30H28N2O6. The zero-order valence-corrected chi connectivity index (χ0v) is 21.0. The quantitative estimate of drug-likeness (QED) is 0.368. The number of rotatable bonds is 7. The molecule has 0 spiro atoms. The summed E-state index contributed by atoms with van der Waals surface area (Å²) in [5, 5.41) is 2.64. The van der Waals surface area contributed by atoms with Gasteiger partial charge in [-0.2, -0.15) is 0 Å². The molecule has 38 heavy (non-hydrogen) atoms. The van der Waals surface area contributed by atoms with Crippen molar-refractivity contribution in [3.8, 4) is 5.75 Å². The van der Waals surface area contributed by atoms with Gasteiger partial charge in [0, 0.05) is 0 Å². The van der Waals surface area contributed by atoms with Gasteiger partial charge in [-0.1, -0.05) is 48.5 Å². The maximum Gasteiger partial charge on any atom is 0.338 e. The van der Waals surface area contributed by atoms with Crippen molar-refractivity contribution in [3.63, 3.8) is 0 Å². The lowest BCUT2D eigenvalue weighted by atomic mass is 9.73. The van der Waals surface area contributed by atoms with Crippen molar-refractivity contribution in [1.29, 1.82) is 0 Å². The number of carbonyl (C=O) groups is 4. The van der Waals surface area contributed by atoms with Crippen LogP contribution in [0.25, 0.3) is 0 Å². The van der Waals surface area contributed by atoms with Crippen LogP contribution in [0.5, 0.6) is 5.75 Å². The molecule has 3 aromatic rings. The first-order valence-corrected chi connectivity index (χ1v) is 12.6. The average molecular weight is 513 g/mol. The van der Waals surface area contributed by atoms with Gasteiger partial charge in [0.1, 0.15) is 5.75 Å². The topological polar surface area (TPSA) is 102 Å². The number of carbonyl (C=O) groups excluding carboxylic acids is 4. The first-order valence-electron chi connectivity index (χ1n) is 12.6. The molecule has 3 atom stereocenters. The van der Waals surface area contributed by atoms with Crippen molar-refractivity contribution in [2.45, 2.75) is 25.2 Å². The Balaban J connectivity index is 1.24. The molecule has 1 aliphatic carbocycles. The van der Waals surface area contributed by atoms with Gasteiger partial charge in [0.05, 0.1) is 35.9 Å². The third kappa shape index (κ3) is 5.02. The van der Waals surface area contributed by atoms with Crippen LogP contribution in [0.3, 0.4) is 0 Å². The van der Waals surface area contributed by atoms with Gasteiger partial charge in [-0.3, -0.25) is 19.3 Å². The van der Waals surface area contributed by atoms with E-state index in [2.05, 4.69) is 17.4 Å². The van der Waals surface area contributed by atoms with Crippen LogP contribution >= 0.6 is 0 Å². The van der Waals surface area contributed by atoms with Gasteiger partial charge in [-0.25, -0.2) is 4.79 Å². The van der Waals surface area contributed by atoms with E-state index in [0.717, 1.165) is 6.42 Å². The monoisotopic (exact) mass is 512 g/mol. The third-order valence-electron chi connectivity index (χ3n) is 7.25. The summed E-state index contributed by atoms with van der Waals surface area (Å²) in [6, 6.07) is 23.2. The van der Waals surface area contributed by atoms with Gasteiger partial charge >= 0.3 is 5.97 Å². The molecule has 1 N–H and O–H groups in total. The van der Waals surface area contributed by atoms with Crippen molar-refractivity contribution in [1.82, 2.24) is 0 Å². The van der Waals surface area contributed by atoms with Gasteiger partial charge in [-0.05, 0) is 61.1 Å². The lowest BCUT2D eigenvalue weighted by molar-refractivity contribution is -0.122. The fraction of sp³-hybridized carbons (Fsp3) is 0.267. The summed E-state index contributed by atoms with van der Waals surface area (Å²) < 4.78 is 10.4. The van der Waals surface area contributed by atoms with E-state index >= 15 is 0 Å². The third-order valence-corrected chi connectivity index (χ3v) is 7.25. The number of para-hydroxylation sites is 2. The molecule has 8 nitrogen and oxygen atoms in total. The molecule has 8 heteroatoms. The van der Waals surface area contributed by atoms with Crippen LogP contribution in [-0.4, -0.2) is 37.4 Å². The maximum atomic E-state index is 13.4. The molecule has 0 radical (unpaired) electrons. The number of esters is 1. The van der Waals surface area contributed by atoms with E-state index in [4.69, 9.17) is 9.47 Å². The molecule has 2 fully saturated rings. The lowest BCUT2D eigenvalue weighted by Crippen LogP contribution is -2.31. The molecule has 3 amide bonds. The normalized spacial score (nSPS) is 20.6. The van der Waals surface area contributed by atoms with E-state index < -0.39 is 18.5 Å². The molecule has 0 aromatic heterocycles. The molecule has 2 aliphatic rings. The molecule has 1 saturated heterocycles. The first-order chi connectivity index (χ1) is 18.5. The Morgan fingerprint density at radius 1 is 0.895 bits per heavy atom. The second-order valence-electron chi connectivity index (χ2n) is 9.52. The minimum absolute atomic E-state index is 0.144. The Morgan fingerprint density at radius 2 is 1.63 bits per heavy atom. The van der Waals surface area contributed by atoms with Gasteiger partial charge < -0.3 is 14.8 Å². The van der Waals surface area contributed by atoms with Crippen molar-refractivity contribution in [3.05, 3.63) is 90.0 Å². The summed E-state index contributed by atoms with van der Waals surface area (Å²) in [4.78, 5) is 52.8. The maximum absolute atomic E-state index is 13.4. The largest absolute Gasteiger partial charge is 0.495 e. The highest BCUT2D eigenvalue weighted by Gasteiger charge is 2.50. The SMILES string of the molecule is COc1ccccc1NC(=O)COC(=O)c1cccc(N2C(=O)[C@@H]3CC[C@@H](c4ccccc4)C[C@H]3C2=O)c1. The smallest absolute Gasteiger partial charge is 0.338 e. The number of fused-ring (bicyclic) bond motifs is 1. The first kappa shape index (κ1) is 25.2. The van der Waals surface area contributed by atoms with Gasteiger partial charge in [0.15, 0.2) is 6.61 Å². The van der Waals surface area contributed by atoms with Crippen LogP contribution < -0.4 is 15.0 Å². The Kier molecular flexibility index (Phi) is 7.22.